The van der Waals surface area contributed by atoms with E-state index in [9.17, 15) is 23.1 Å². The van der Waals surface area contributed by atoms with Gasteiger partial charge in [-0.25, -0.2) is 0 Å². The maximum Gasteiger partial charge on any atom is 0.417 e. The number of pyridine rings is 1. The molecular formula is C21H18F3NO2. The summed E-state index contributed by atoms with van der Waals surface area (Å²) in [6, 6.07) is 12.4. The highest BCUT2D eigenvalue weighted by Crippen LogP contribution is 2.39. The molecule has 3 nitrogen and oxygen atoms in total. The van der Waals surface area contributed by atoms with E-state index in [4.69, 9.17) is 0 Å². The van der Waals surface area contributed by atoms with E-state index in [2.05, 4.69) is 4.98 Å². The molecule has 27 heavy (non-hydrogen) atoms. The molecule has 0 spiro atoms. The van der Waals surface area contributed by atoms with Crippen LogP contribution in [0.4, 0.5) is 13.2 Å². The third-order valence-corrected chi connectivity index (χ3v) is 4.60. The van der Waals surface area contributed by atoms with Gasteiger partial charge in [-0.3, -0.25) is 9.78 Å². The number of aryl methyl sites for hydroxylation is 1. The van der Waals surface area contributed by atoms with Crippen molar-refractivity contribution in [1.82, 2.24) is 4.98 Å². The summed E-state index contributed by atoms with van der Waals surface area (Å²) in [5.74, 6) is -2.10. The van der Waals surface area contributed by atoms with E-state index in [0.29, 0.717) is 11.1 Å². The van der Waals surface area contributed by atoms with Crippen LogP contribution in [0.2, 0.25) is 0 Å². The number of rotatable bonds is 4. The topological polar surface area (TPSA) is 50.2 Å². The summed E-state index contributed by atoms with van der Waals surface area (Å²) in [4.78, 5) is 15.7. The van der Waals surface area contributed by atoms with Crippen LogP contribution in [0, 0.1) is 6.92 Å². The highest BCUT2D eigenvalue weighted by Gasteiger charge is 2.35. The van der Waals surface area contributed by atoms with Crippen LogP contribution in [0.1, 0.15) is 36.1 Å². The fourth-order valence-electron chi connectivity index (χ4n) is 3.21. The Bertz CT molecular complexity index is 1010. The summed E-state index contributed by atoms with van der Waals surface area (Å²) < 4.78 is 41.1. The summed E-state index contributed by atoms with van der Waals surface area (Å²) in [6.07, 6.45) is -4.38. The highest BCUT2D eigenvalue weighted by atomic mass is 19.4. The first kappa shape index (κ1) is 18.9. The number of alkyl halides is 3. The van der Waals surface area contributed by atoms with E-state index in [1.165, 1.54) is 12.1 Å². The molecule has 0 bridgehead atoms. The van der Waals surface area contributed by atoms with Crippen molar-refractivity contribution in [2.45, 2.75) is 32.4 Å². The lowest BCUT2D eigenvalue weighted by Gasteiger charge is -2.17. The number of benzene rings is 2. The van der Waals surface area contributed by atoms with Gasteiger partial charge in [0, 0.05) is 11.1 Å². The minimum absolute atomic E-state index is 0.0222. The molecule has 0 aliphatic rings. The number of carboxylic acid groups (broad SMARTS) is 1. The van der Waals surface area contributed by atoms with Crippen molar-refractivity contribution in [2.75, 3.05) is 0 Å². The molecule has 2 aromatic carbocycles. The van der Waals surface area contributed by atoms with Gasteiger partial charge in [-0.05, 0) is 54.3 Å². The maximum absolute atomic E-state index is 13.7. The third-order valence-electron chi connectivity index (χ3n) is 4.60. The van der Waals surface area contributed by atoms with Crippen molar-refractivity contribution in [1.29, 1.82) is 0 Å². The van der Waals surface area contributed by atoms with Gasteiger partial charge in [-0.1, -0.05) is 31.2 Å². The molecule has 0 amide bonds. The Kier molecular flexibility index (Phi) is 4.91. The van der Waals surface area contributed by atoms with Crippen LogP contribution in [-0.4, -0.2) is 16.1 Å². The number of carboxylic acids is 1. The van der Waals surface area contributed by atoms with Crippen LogP contribution in [0.3, 0.4) is 0 Å². The zero-order valence-corrected chi connectivity index (χ0v) is 14.8. The van der Waals surface area contributed by atoms with E-state index in [-0.39, 0.29) is 17.5 Å². The zero-order valence-electron chi connectivity index (χ0n) is 14.8. The average molecular weight is 373 g/mol. The Morgan fingerprint density at radius 3 is 2.48 bits per heavy atom. The average Bonchev–Trinajstić information content (AvgIpc) is 2.61. The van der Waals surface area contributed by atoms with Crippen molar-refractivity contribution >= 4 is 16.9 Å². The number of halogens is 3. The van der Waals surface area contributed by atoms with Gasteiger partial charge in [0.2, 0.25) is 0 Å². The van der Waals surface area contributed by atoms with Gasteiger partial charge in [0.25, 0.3) is 0 Å². The van der Waals surface area contributed by atoms with Gasteiger partial charge >= 0.3 is 12.1 Å². The molecular weight excluding hydrogens is 355 g/mol. The lowest BCUT2D eigenvalue weighted by molar-refractivity contribution is -0.140. The number of carbonyl (C=O) groups is 1. The quantitative estimate of drug-likeness (QED) is 0.628. The van der Waals surface area contributed by atoms with E-state index in [1.54, 1.807) is 31.2 Å². The van der Waals surface area contributed by atoms with Gasteiger partial charge in [-0.2, -0.15) is 13.2 Å². The van der Waals surface area contributed by atoms with Crippen molar-refractivity contribution < 1.29 is 23.1 Å². The largest absolute Gasteiger partial charge is 0.481 e. The number of aromatic nitrogens is 1. The lowest BCUT2D eigenvalue weighted by atomic mass is 9.90. The molecule has 0 radical (unpaired) electrons. The predicted octanol–water partition coefficient (Wildman–Crippen LogP) is 5.81. The second-order valence-corrected chi connectivity index (χ2v) is 6.46. The molecule has 1 aromatic heterocycles. The van der Waals surface area contributed by atoms with Crippen LogP contribution in [0.25, 0.3) is 22.0 Å². The van der Waals surface area contributed by atoms with Crippen LogP contribution in [0.5, 0.6) is 0 Å². The Morgan fingerprint density at radius 2 is 1.85 bits per heavy atom. The summed E-state index contributed by atoms with van der Waals surface area (Å²) in [5, 5.41) is 10.0. The molecule has 0 fully saturated rings. The smallest absolute Gasteiger partial charge is 0.417 e. The predicted molar refractivity (Wildman–Crippen MR) is 97.6 cm³/mol. The van der Waals surface area contributed by atoms with Gasteiger partial charge in [0.1, 0.15) is 0 Å². The fraction of sp³-hybridized carbons (Fsp3) is 0.238. The number of hydrogen-bond acceptors (Lipinski definition) is 2. The Labute approximate surface area is 154 Å². The monoisotopic (exact) mass is 373 g/mol. The fourth-order valence-corrected chi connectivity index (χ4v) is 3.21. The van der Waals surface area contributed by atoms with Crippen LogP contribution in [0.15, 0.2) is 48.5 Å². The van der Waals surface area contributed by atoms with E-state index >= 15 is 0 Å². The Balaban J connectivity index is 2.17. The first-order chi connectivity index (χ1) is 12.7. The maximum atomic E-state index is 13.7. The van der Waals surface area contributed by atoms with Crippen LogP contribution in [-0.2, 0) is 11.0 Å². The summed E-state index contributed by atoms with van der Waals surface area (Å²) in [5.41, 5.74) is 1.29. The molecule has 3 aromatic rings. The molecule has 1 unspecified atom stereocenters. The molecule has 0 saturated heterocycles. The molecule has 6 heteroatoms. The Hall–Kier alpha value is -2.89. The first-order valence-electron chi connectivity index (χ1n) is 8.52. The molecule has 3 rings (SSSR count). The van der Waals surface area contributed by atoms with E-state index in [0.717, 1.165) is 17.1 Å². The molecule has 0 aliphatic carbocycles. The second-order valence-electron chi connectivity index (χ2n) is 6.46. The third kappa shape index (κ3) is 3.79. The van der Waals surface area contributed by atoms with Crippen molar-refractivity contribution in [3.05, 3.63) is 65.4 Å². The summed E-state index contributed by atoms with van der Waals surface area (Å²) in [7, 11) is 0. The van der Waals surface area contributed by atoms with Crippen molar-refractivity contribution in [3.63, 3.8) is 0 Å². The molecule has 1 atom stereocenters. The lowest BCUT2D eigenvalue weighted by Crippen LogP contribution is -2.13. The second kappa shape index (κ2) is 7.02. The van der Waals surface area contributed by atoms with Gasteiger partial charge < -0.3 is 5.11 Å². The van der Waals surface area contributed by atoms with Crippen LogP contribution < -0.4 is 0 Å². The standard InChI is InChI=1S/C21H18F3NO2/c1-3-16(20(26)27)14-6-8-17(18(11-14)21(22,23)24)13-7-9-19-15(10-13)5-4-12(2)25-19/h4-11,16H,3H2,1-2H3,(H,26,27). The first-order valence-corrected chi connectivity index (χ1v) is 8.52. The van der Waals surface area contributed by atoms with Gasteiger partial charge in [0.15, 0.2) is 0 Å². The number of nitrogens with zero attached hydrogens (tertiary/aromatic N) is 1. The molecule has 140 valence electrons. The van der Waals surface area contributed by atoms with Crippen molar-refractivity contribution in [3.8, 4) is 11.1 Å². The number of fused-ring (bicyclic) bond motifs is 1. The Morgan fingerprint density at radius 1 is 1.11 bits per heavy atom. The van der Waals surface area contributed by atoms with E-state index in [1.807, 2.05) is 13.0 Å². The number of hydrogen-bond donors (Lipinski definition) is 1. The summed E-state index contributed by atoms with van der Waals surface area (Å²) >= 11 is 0. The normalized spacial score (nSPS) is 12.9. The molecule has 0 saturated carbocycles. The number of aliphatic carboxylic acids is 1. The van der Waals surface area contributed by atoms with Gasteiger partial charge in [0.05, 0.1) is 17.0 Å². The minimum atomic E-state index is -4.59. The molecule has 0 aliphatic heterocycles. The molecule has 1 heterocycles. The minimum Gasteiger partial charge on any atom is -0.481 e. The van der Waals surface area contributed by atoms with Crippen LogP contribution >= 0.6 is 0 Å². The highest BCUT2D eigenvalue weighted by molar-refractivity contribution is 5.85. The molecule has 1 N–H and O–H groups in total. The SMILES string of the molecule is CCC(C(=O)O)c1ccc(-c2ccc3nc(C)ccc3c2)c(C(F)(F)F)c1. The van der Waals surface area contributed by atoms with Gasteiger partial charge in [-0.15, -0.1) is 0 Å². The van der Waals surface area contributed by atoms with Crippen molar-refractivity contribution in [2.24, 2.45) is 0 Å². The zero-order chi connectivity index (χ0) is 19.8. The van der Waals surface area contributed by atoms with E-state index < -0.39 is 23.6 Å². The summed E-state index contributed by atoms with van der Waals surface area (Å²) in [6.45, 7) is 3.48.